The fourth-order valence-corrected chi connectivity index (χ4v) is 5.16. The minimum atomic E-state index is -0.337. The first-order chi connectivity index (χ1) is 17.1. The van der Waals surface area contributed by atoms with E-state index in [2.05, 4.69) is 36.2 Å². The molecule has 0 spiro atoms. The number of rotatable bonds is 5. The molecule has 0 atom stereocenters. The molecular formula is C24H23BrN6O4. The van der Waals surface area contributed by atoms with Gasteiger partial charge in [-0.05, 0) is 65.5 Å². The lowest BCUT2D eigenvalue weighted by atomic mass is 10.1. The van der Waals surface area contributed by atoms with Crippen LogP contribution in [-0.4, -0.2) is 56.8 Å². The van der Waals surface area contributed by atoms with Crippen molar-refractivity contribution in [1.29, 1.82) is 0 Å². The van der Waals surface area contributed by atoms with Crippen LogP contribution >= 0.6 is 15.9 Å². The number of carbonyl (C=O) groups excluding carboxylic acids is 1. The Morgan fingerprint density at radius 2 is 1.91 bits per heavy atom. The number of aromatic amines is 2. The number of nitrogens with zero attached hydrogens (tertiary/aromatic N) is 3. The zero-order valence-electron chi connectivity index (χ0n) is 18.8. The van der Waals surface area contributed by atoms with Crippen molar-refractivity contribution in [3.05, 3.63) is 51.6 Å². The number of nitrogens with one attached hydrogen (secondary N) is 3. The summed E-state index contributed by atoms with van der Waals surface area (Å²) in [5.74, 6) is 1.67. The van der Waals surface area contributed by atoms with Gasteiger partial charge in [-0.25, -0.2) is 9.78 Å². The minimum absolute atomic E-state index is 0.00730. The summed E-state index contributed by atoms with van der Waals surface area (Å²) in [6, 6.07) is 9.21. The van der Waals surface area contributed by atoms with E-state index in [1.807, 2.05) is 35.2 Å². The highest BCUT2D eigenvalue weighted by molar-refractivity contribution is 9.10. The van der Waals surface area contributed by atoms with E-state index < -0.39 is 0 Å². The highest BCUT2D eigenvalue weighted by atomic mass is 79.9. The number of hydrogen-bond donors (Lipinski definition) is 3. The largest absolute Gasteiger partial charge is 0.454 e. The number of ether oxygens (including phenoxy) is 2. The third-order valence-electron chi connectivity index (χ3n) is 6.40. The molecule has 10 nitrogen and oxygen atoms in total. The monoisotopic (exact) mass is 538 g/mol. The molecule has 11 heteroatoms. The highest BCUT2D eigenvalue weighted by Crippen LogP contribution is 2.43. The molecule has 0 unspecified atom stereocenters. The Morgan fingerprint density at radius 3 is 2.74 bits per heavy atom. The van der Waals surface area contributed by atoms with Gasteiger partial charge in [0.2, 0.25) is 12.7 Å². The Balaban J connectivity index is 1.45. The van der Waals surface area contributed by atoms with Crippen molar-refractivity contribution in [2.24, 2.45) is 0 Å². The lowest BCUT2D eigenvalue weighted by Crippen LogP contribution is -2.39. The summed E-state index contributed by atoms with van der Waals surface area (Å²) in [7, 11) is 0. The number of aromatic nitrogens is 4. The molecular weight excluding hydrogens is 516 g/mol. The van der Waals surface area contributed by atoms with Gasteiger partial charge < -0.3 is 24.7 Å². The molecule has 35 heavy (non-hydrogen) atoms. The number of imidazole rings is 2. The molecule has 4 heterocycles. The molecule has 6 rings (SSSR count). The van der Waals surface area contributed by atoms with Crippen LogP contribution in [-0.2, 0) is 4.79 Å². The molecule has 0 saturated carbocycles. The lowest BCUT2D eigenvalue weighted by Gasteiger charge is -2.26. The van der Waals surface area contributed by atoms with Crippen molar-refractivity contribution in [3.8, 4) is 28.4 Å². The van der Waals surface area contributed by atoms with E-state index in [1.54, 1.807) is 10.9 Å². The van der Waals surface area contributed by atoms with Crippen LogP contribution in [0.15, 0.2) is 45.9 Å². The van der Waals surface area contributed by atoms with Gasteiger partial charge >= 0.3 is 5.69 Å². The van der Waals surface area contributed by atoms with E-state index in [0.29, 0.717) is 34.3 Å². The van der Waals surface area contributed by atoms with Gasteiger partial charge in [0, 0.05) is 23.1 Å². The molecule has 0 aliphatic carbocycles. The number of piperidine rings is 1. The molecule has 2 aromatic carbocycles. The second-order valence-electron chi connectivity index (χ2n) is 8.57. The quantitative estimate of drug-likeness (QED) is 0.357. The smallest absolute Gasteiger partial charge is 0.332 e. The molecule has 2 aliphatic rings. The summed E-state index contributed by atoms with van der Waals surface area (Å²) in [4.78, 5) is 38.2. The Labute approximate surface area is 208 Å². The first-order valence-electron chi connectivity index (χ1n) is 11.5. The summed E-state index contributed by atoms with van der Waals surface area (Å²) in [5, 5.41) is 3.19. The Morgan fingerprint density at radius 1 is 1.11 bits per heavy atom. The summed E-state index contributed by atoms with van der Waals surface area (Å²) in [5.41, 5.74) is 3.21. The van der Waals surface area contributed by atoms with Gasteiger partial charge in [-0.3, -0.25) is 14.3 Å². The first kappa shape index (κ1) is 21.8. The Bertz CT molecular complexity index is 1480. The number of hydrogen-bond acceptors (Lipinski definition) is 6. The number of halogens is 1. The Kier molecular flexibility index (Phi) is 5.48. The van der Waals surface area contributed by atoms with Crippen molar-refractivity contribution in [3.63, 3.8) is 0 Å². The average Bonchev–Trinajstić information content (AvgIpc) is 3.60. The number of fused-ring (bicyclic) bond motifs is 2. The van der Waals surface area contributed by atoms with Crippen molar-refractivity contribution in [2.75, 3.05) is 31.7 Å². The molecule has 180 valence electrons. The maximum atomic E-state index is 13.3. The van der Waals surface area contributed by atoms with Crippen molar-refractivity contribution >= 4 is 38.7 Å². The average molecular weight is 539 g/mol. The number of benzene rings is 2. The summed E-state index contributed by atoms with van der Waals surface area (Å²) in [6.07, 6.45) is 4.80. The van der Waals surface area contributed by atoms with E-state index in [-0.39, 0.29) is 24.9 Å². The van der Waals surface area contributed by atoms with Crippen molar-refractivity contribution in [1.82, 2.24) is 24.4 Å². The van der Waals surface area contributed by atoms with Crippen LogP contribution < -0.4 is 20.5 Å². The van der Waals surface area contributed by atoms with Gasteiger partial charge in [0.15, 0.2) is 11.5 Å². The third kappa shape index (κ3) is 3.95. The fourth-order valence-electron chi connectivity index (χ4n) is 4.65. The molecule has 1 saturated heterocycles. The van der Waals surface area contributed by atoms with E-state index in [0.717, 1.165) is 47.9 Å². The second kappa shape index (κ2) is 8.81. The van der Waals surface area contributed by atoms with Gasteiger partial charge in [0.1, 0.15) is 5.82 Å². The molecule has 2 aliphatic heterocycles. The maximum Gasteiger partial charge on any atom is 0.332 e. The normalized spacial score (nSPS) is 15.1. The van der Waals surface area contributed by atoms with E-state index in [1.165, 1.54) is 0 Å². The number of anilines is 1. The van der Waals surface area contributed by atoms with Gasteiger partial charge in [0.05, 0.1) is 35.3 Å². The second-order valence-corrected chi connectivity index (χ2v) is 9.43. The summed E-state index contributed by atoms with van der Waals surface area (Å²) >= 11 is 3.63. The van der Waals surface area contributed by atoms with Crippen LogP contribution in [0.1, 0.15) is 19.3 Å². The first-order valence-corrected chi connectivity index (χ1v) is 12.3. The molecule has 4 aromatic rings. The highest BCUT2D eigenvalue weighted by Gasteiger charge is 2.25. The van der Waals surface area contributed by atoms with Gasteiger partial charge in [0.25, 0.3) is 0 Å². The number of carbonyl (C=O) groups is 1. The maximum absolute atomic E-state index is 13.3. The van der Waals surface area contributed by atoms with E-state index >= 15 is 0 Å². The molecule has 2 aromatic heterocycles. The molecule has 0 radical (unpaired) electrons. The van der Waals surface area contributed by atoms with Gasteiger partial charge in [-0.1, -0.05) is 0 Å². The summed E-state index contributed by atoms with van der Waals surface area (Å²) in [6.45, 7) is 1.75. The summed E-state index contributed by atoms with van der Waals surface area (Å²) < 4.78 is 13.4. The van der Waals surface area contributed by atoms with Crippen LogP contribution in [0.5, 0.6) is 11.5 Å². The number of amides is 1. The van der Waals surface area contributed by atoms with Crippen molar-refractivity contribution < 1.29 is 14.3 Å². The molecule has 1 fully saturated rings. The van der Waals surface area contributed by atoms with Crippen LogP contribution in [0.3, 0.4) is 0 Å². The number of H-pyrrole nitrogens is 2. The van der Waals surface area contributed by atoms with E-state index in [4.69, 9.17) is 9.47 Å². The van der Waals surface area contributed by atoms with Crippen LogP contribution in [0.25, 0.3) is 28.0 Å². The standard InChI is InChI=1S/C24H23BrN6O4/c25-16-10-20-19(34-13-35-20)9-15(16)22-23(26-11-21(32)30-6-2-1-3-7-30)29-24(33)31(22)14-4-5-17-18(8-14)28-12-27-17/h4-5,8-10,12,26H,1-3,6-7,11,13H2,(H,27,28)(H,29,33). The lowest BCUT2D eigenvalue weighted by molar-refractivity contribution is -0.130. The predicted molar refractivity (Wildman–Crippen MR) is 134 cm³/mol. The minimum Gasteiger partial charge on any atom is -0.454 e. The topological polar surface area (TPSA) is 117 Å². The third-order valence-corrected chi connectivity index (χ3v) is 7.06. The fraction of sp³-hybridized carbons (Fsp3) is 0.292. The van der Waals surface area contributed by atoms with Gasteiger partial charge in [-0.15, -0.1) is 0 Å². The Hall–Kier alpha value is -3.73. The van der Waals surface area contributed by atoms with Crippen LogP contribution in [0, 0.1) is 0 Å². The van der Waals surface area contributed by atoms with E-state index in [9.17, 15) is 9.59 Å². The molecule has 3 N–H and O–H groups in total. The zero-order chi connectivity index (χ0) is 23.9. The SMILES string of the molecule is O=C(CNc1[nH]c(=O)n(-c2ccc3nc[nH]c3c2)c1-c1cc2c(cc1Br)OCO2)N1CCCCC1. The van der Waals surface area contributed by atoms with Crippen LogP contribution in [0.2, 0.25) is 0 Å². The van der Waals surface area contributed by atoms with Crippen molar-refractivity contribution in [2.45, 2.75) is 19.3 Å². The number of likely N-dealkylation sites (tertiary alicyclic amines) is 1. The molecule has 0 bridgehead atoms. The zero-order valence-corrected chi connectivity index (χ0v) is 20.4. The van der Waals surface area contributed by atoms with Crippen LogP contribution in [0.4, 0.5) is 5.82 Å². The predicted octanol–water partition coefficient (Wildman–Crippen LogP) is 3.62. The van der Waals surface area contributed by atoms with Gasteiger partial charge in [-0.2, -0.15) is 0 Å². The molecule has 1 amide bonds.